The molecule has 7 heteroatoms. The molecular formula is C8H7N5O2. The molecule has 7 nitrogen and oxygen atoms in total. The molecule has 0 spiro atoms. The van der Waals surface area contributed by atoms with Gasteiger partial charge in [-0.15, -0.1) is 0 Å². The number of nitrogens with one attached hydrogen (secondary N) is 2. The normalized spacial score (nSPS) is 10.2. The third kappa shape index (κ3) is 1.96. The summed E-state index contributed by atoms with van der Waals surface area (Å²) < 4.78 is 0. The van der Waals surface area contributed by atoms with Gasteiger partial charge in [-0.1, -0.05) is 0 Å². The number of H-pyrrole nitrogens is 1. The molecular weight excluding hydrogens is 198 g/mol. The van der Waals surface area contributed by atoms with Crippen LogP contribution in [0.5, 0.6) is 0 Å². The van der Waals surface area contributed by atoms with E-state index in [9.17, 15) is 9.59 Å². The van der Waals surface area contributed by atoms with Crippen molar-refractivity contribution in [3.05, 3.63) is 22.7 Å². The van der Waals surface area contributed by atoms with Gasteiger partial charge in [-0.2, -0.15) is 4.98 Å². The van der Waals surface area contributed by atoms with Crippen molar-refractivity contribution in [2.45, 2.75) is 6.92 Å². The van der Waals surface area contributed by atoms with E-state index >= 15 is 0 Å². The van der Waals surface area contributed by atoms with Crippen LogP contribution in [-0.2, 0) is 4.79 Å². The maximum absolute atomic E-state index is 11.0. The highest BCUT2D eigenvalue weighted by atomic mass is 16.1. The molecule has 0 aromatic carbocycles. The first-order valence-corrected chi connectivity index (χ1v) is 4.15. The Morgan fingerprint density at radius 3 is 2.93 bits per heavy atom. The summed E-state index contributed by atoms with van der Waals surface area (Å²) in [6.45, 7) is 1.35. The van der Waals surface area contributed by atoms with Crippen LogP contribution in [0.4, 0.5) is 5.95 Å². The smallest absolute Gasteiger partial charge is 0.268 e. The predicted molar refractivity (Wildman–Crippen MR) is 52.3 cm³/mol. The van der Waals surface area contributed by atoms with E-state index in [1.54, 1.807) is 0 Å². The van der Waals surface area contributed by atoms with E-state index in [2.05, 4.69) is 25.3 Å². The van der Waals surface area contributed by atoms with Gasteiger partial charge < -0.3 is 4.98 Å². The van der Waals surface area contributed by atoms with Gasteiger partial charge in [0.15, 0.2) is 5.65 Å². The van der Waals surface area contributed by atoms with Gasteiger partial charge in [0, 0.05) is 6.92 Å². The largest absolute Gasteiger partial charge is 0.304 e. The number of aromatic amines is 1. The first kappa shape index (κ1) is 9.25. The molecule has 0 unspecified atom stereocenters. The van der Waals surface area contributed by atoms with Crippen LogP contribution in [-0.4, -0.2) is 25.8 Å². The maximum Gasteiger partial charge on any atom is 0.268 e. The number of hydrogen-bond acceptors (Lipinski definition) is 5. The lowest BCUT2D eigenvalue weighted by molar-refractivity contribution is -0.114. The zero-order chi connectivity index (χ0) is 10.8. The van der Waals surface area contributed by atoms with Crippen molar-refractivity contribution in [3.8, 4) is 0 Å². The van der Waals surface area contributed by atoms with E-state index < -0.39 is 0 Å². The van der Waals surface area contributed by atoms with Crippen molar-refractivity contribution in [1.29, 1.82) is 0 Å². The molecule has 0 aliphatic heterocycles. The van der Waals surface area contributed by atoms with Gasteiger partial charge in [-0.3, -0.25) is 14.9 Å². The van der Waals surface area contributed by atoms with Crippen molar-refractivity contribution >= 4 is 23.0 Å². The molecule has 1 amide bonds. The van der Waals surface area contributed by atoms with E-state index in [0.29, 0.717) is 11.2 Å². The molecule has 0 saturated carbocycles. The number of anilines is 1. The molecule has 2 aromatic rings. The van der Waals surface area contributed by atoms with Gasteiger partial charge >= 0.3 is 0 Å². The van der Waals surface area contributed by atoms with Crippen LogP contribution in [0.25, 0.3) is 11.2 Å². The van der Waals surface area contributed by atoms with Gasteiger partial charge in [0.1, 0.15) is 5.52 Å². The molecule has 2 N–H and O–H groups in total. The van der Waals surface area contributed by atoms with Gasteiger partial charge in [-0.25, -0.2) is 9.97 Å². The molecule has 2 heterocycles. The average Bonchev–Trinajstić information content (AvgIpc) is 2.16. The van der Waals surface area contributed by atoms with Crippen LogP contribution in [0.15, 0.2) is 17.2 Å². The van der Waals surface area contributed by atoms with E-state index in [0.717, 1.165) is 6.20 Å². The van der Waals surface area contributed by atoms with Crippen molar-refractivity contribution < 1.29 is 4.79 Å². The minimum absolute atomic E-state index is 0.138. The molecule has 0 fully saturated rings. The van der Waals surface area contributed by atoms with E-state index in [-0.39, 0.29) is 17.4 Å². The number of aromatic nitrogens is 4. The second-order valence-corrected chi connectivity index (χ2v) is 2.86. The van der Waals surface area contributed by atoms with Crippen molar-refractivity contribution in [2.24, 2.45) is 0 Å². The Morgan fingerprint density at radius 2 is 2.20 bits per heavy atom. The SMILES string of the molecule is CC(=O)Nc1ncc2ncc(=O)[nH]c2n1. The summed E-state index contributed by atoms with van der Waals surface area (Å²) >= 11 is 0. The molecule has 0 aliphatic rings. The molecule has 0 radical (unpaired) electrons. The molecule has 0 bridgehead atoms. The van der Waals surface area contributed by atoms with Gasteiger partial charge in [0.05, 0.1) is 12.4 Å². The standard InChI is InChI=1S/C8H7N5O2/c1-4(14)11-8-10-2-5-7(13-8)12-6(15)3-9-5/h2-3H,1H3,(H2,10,11,12,13,14,15). The van der Waals surface area contributed by atoms with E-state index in [1.165, 1.54) is 13.1 Å². The van der Waals surface area contributed by atoms with Gasteiger partial charge in [0.2, 0.25) is 11.9 Å². The average molecular weight is 205 g/mol. The summed E-state index contributed by atoms with van der Waals surface area (Å²) in [6, 6.07) is 0. The Labute approximate surface area is 83.6 Å². The minimum Gasteiger partial charge on any atom is -0.304 e. The number of amides is 1. The van der Waals surface area contributed by atoms with Crippen molar-refractivity contribution in [3.63, 3.8) is 0 Å². The minimum atomic E-state index is -0.352. The topological polar surface area (TPSA) is 101 Å². The van der Waals surface area contributed by atoms with Crippen LogP contribution in [0.1, 0.15) is 6.92 Å². The Kier molecular flexibility index (Phi) is 2.13. The second kappa shape index (κ2) is 3.45. The zero-order valence-corrected chi connectivity index (χ0v) is 7.81. The van der Waals surface area contributed by atoms with Crippen LogP contribution in [0.2, 0.25) is 0 Å². The monoisotopic (exact) mass is 205 g/mol. The number of nitrogens with zero attached hydrogens (tertiary/aromatic N) is 3. The maximum atomic E-state index is 11.0. The zero-order valence-electron chi connectivity index (χ0n) is 7.81. The fourth-order valence-electron chi connectivity index (χ4n) is 1.06. The first-order chi connectivity index (χ1) is 7.15. The summed E-state index contributed by atoms with van der Waals surface area (Å²) in [7, 11) is 0. The fourth-order valence-corrected chi connectivity index (χ4v) is 1.06. The number of hydrogen-bond donors (Lipinski definition) is 2. The summed E-state index contributed by atoms with van der Waals surface area (Å²) in [6.07, 6.45) is 2.56. The Balaban J connectivity index is 2.54. The van der Waals surface area contributed by atoms with Crippen LogP contribution in [0.3, 0.4) is 0 Å². The first-order valence-electron chi connectivity index (χ1n) is 4.15. The molecule has 0 atom stereocenters. The molecule has 15 heavy (non-hydrogen) atoms. The Hall–Kier alpha value is -2.31. The molecule has 76 valence electrons. The van der Waals surface area contributed by atoms with Gasteiger partial charge in [-0.05, 0) is 0 Å². The quantitative estimate of drug-likeness (QED) is 0.663. The van der Waals surface area contributed by atoms with Crippen molar-refractivity contribution in [2.75, 3.05) is 5.32 Å². The summed E-state index contributed by atoms with van der Waals surface area (Å²) in [5, 5.41) is 2.41. The fraction of sp³-hybridized carbons (Fsp3) is 0.125. The van der Waals surface area contributed by atoms with Crippen LogP contribution < -0.4 is 10.9 Å². The molecule has 0 aliphatic carbocycles. The number of carbonyl (C=O) groups excluding carboxylic acids is 1. The highest BCUT2D eigenvalue weighted by Gasteiger charge is 2.02. The molecule has 0 saturated heterocycles. The van der Waals surface area contributed by atoms with E-state index in [4.69, 9.17) is 0 Å². The lowest BCUT2D eigenvalue weighted by atomic mass is 10.5. The molecule has 2 aromatic heterocycles. The number of carbonyl (C=O) groups is 1. The summed E-state index contributed by atoms with van der Waals surface area (Å²) in [5.41, 5.74) is 0.403. The summed E-state index contributed by atoms with van der Waals surface area (Å²) in [5.74, 6) is -0.140. The van der Waals surface area contributed by atoms with Crippen LogP contribution >= 0.6 is 0 Å². The Morgan fingerprint density at radius 1 is 1.40 bits per heavy atom. The Bertz CT molecular complexity index is 576. The predicted octanol–water partition coefficient (Wildman–Crippen LogP) is -0.329. The molecule has 2 rings (SSSR count). The third-order valence-electron chi connectivity index (χ3n) is 1.62. The van der Waals surface area contributed by atoms with Crippen LogP contribution in [0, 0.1) is 0 Å². The number of rotatable bonds is 1. The number of fused-ring (bicyclic) bond motifs is 1. The lowest BCUT2D eigenvalue weighted by Gasteiger charge is -2.00. The second-order valence-electron chi connectivity index (χ2n) is 2.86. The highest BCUT2D eigenvalue weighted by Crippen LogP contribution is 2.04. The lowest BCUT2D eigenvalue weighted by Crippen LogP contribution is -2.11. The van der Waals surface area contributed by atoms with Crippen molar-refractivity contribution in [1.82, 2.24) is 19.9 Å². The van der Waals surface area contributed by atoms with E-state index in [1.807, 2.05) is 0 Å². The third-order valence-corrected chi connectivity index (χ3v) is 1.62. The van der Waals surface area contributed by atoms with Gasteiger partial charge in [0.25, 0.3) is 5.56 Å². The highest BCUT2D eigenvalue weighted by molar-refractivity contribution is 5.87. The summed E-state index contributed by atoms with van der Waals surface area (Å²) in [4.78, 5) is 35.8.